The molecule has 0 unspecified atom stereocenters. The summed E-state index contributed by atoms with van der Waals surface area (Å²) in [7, 11) is 1.66. The topological polar surface area (TPSA) is 119 Å². The summed E-state index contributed by atoms with van der Waals surface area (Å²) in [6.45, 7) is 2.98. The fourth-order valence-corrected chi connectivity index (χ4v) is 4.64. The van der Waals surface area contributed by atoms with Crippen LogP contribution in [0.3, 0.4) is 0 Å². The molecule has 1 aliphatic rings. The van der Waals surface area contributed by atoms with Gasteiger partial charge in [0.05, 0.1) is 23.4 Å². The number of carbonyl (C=O) groups excluding carboxylic acids is 1. The van der Waals surface area contributed by atoms with Gasteiger partial charge in [-0.25, -0.2) is 4.68 Å². The Morgan fingerprint density at radius 3 is 2.74 bits per heavy atom. The van der Waals surface area contributed by atoms with Gasteiger partial charge in [-0.3, -0.25) is 14.9 Å². The molecule has 10 nitrogen and oxygen atoms in total. The lowest BCUT2D eigenvalue weighted by Crippen LogP contribution is -2.38. The highest BCUT2D eigenvalue weighted by molar-refractivity contribution is 5.93. The molecule has 1 aliphatic heterocycles. The number of ether oxygens (including phenoxy) is 1. The van der Waals surface area contributed by atoms with Crippen LogP contribution in [-0.2, 0) is 0 Å². The molecule has 1 N–H and O–H groups in total. The number of piperidine rings is 1. The number of nitrogens with zero attached hydrogens (tertiary/aromatic N) is 5. The van der Waals surface area contributed by atoms with E-state index in [0.29, 0.717) is 30.4 Å². The Hall–Kier alpha value is -4.21. The predicted octanol–water partition coefficient (Wildman–Crippen LogP) is 3.99. The zero-order valence-electron chi connectivity index (χ0n) is 18.9. The highest BCUT2D eigenvalue weighted by Gasteiger charge is 2.29. The van der Waals surface area contributed by atoms with Crippen LogP contribution in [0.5, 0.6) is 5.75 Å². The van der Waals surface area contributed by atoms with Gasteiger partial charge in [0.2, 0.25) is 0 Å². The standard InChI is InChI=1S/C24H24N6O4/c1-15-23(26-27-29(15)17-4-3-5-18(12-17)30(32)33)24(31)28-10-8-16(9-11-28)21-14-25-22-7-6-19(34-2)13-20(21)22/h3-7,12-14,16,25H,8-11H2,1-2H3. The molecule has 0 spiro atoms. The SMILES string of the molecule is COc1ccc2[nH]cc(C3CCN(C(=O)c4nnn(-c5cccc([N+](=O)[O-])c5)c4C)CC3)c2c1. The van der Waals surface area contributed by atoms with Crippen molar-refractivity contribution < 1.29 is 14.5 Å². The number of nitro benzene ring substituents is 1. The first-order valence-electron chi connectivity index (χ1n) is 11.1. The third-order valence-electron chi connectivity index (χ3n) is 6.53. The van der Waals surface area contributed by atoms with E-state index in [1.165, 1.54) is 22.4 Å². The summed E-state index contributed by atoms with van der Waals surface area (Å²) in [6.07, 6.45) is 3.74. The summed E-state index contributed by atoms with van der Waals surface area (Å²) in [5.41, 5.74) is 3.58. The first-order valence-corrected chi connectivity index (χ1v) is 11.1. The minimum Gasteiger partial charge on any atom is -0.497 e. The zero-order chi connectivity index (χ0) is 23.8. The number of benzene rings is 2. The van der Waals surface area contributed by atoms with Crippen molar-refractivity contribution in [3.63, 3.8) is 0 Å². The number of methoxy groups -OCH3 is 1. The number of hydrogen-bond acceptors (Lipinski definition) is 6. The van der Waals surface area contributed by atoms with Gasteiger partial charge < -0.3 is 14.6 Å². The largest absolute Gasteiger partial charge is 0.497 e. The molecule has 0 saturated carbocycles. The average molecular weight is 460 g/mol. The van der Waals surface area contributed by atoms with E-state index < -0.39 is 4.92 Å². The third-order valence-corrected chi connectivity index (χ3v) is 6.53. The monoisotopic (exact) mass is 460 g/mol. The van der Waals surface area contributed by atoms with Gasteiger partial charge in [0.25, 0.3) is 11.6 Å². The van der Waals surface area contributed by atoms with Crippen LogP contribution in [0, 0.1) is 17.0 Å². The van der Waals surface area contributed by atoms with Crippen LogP contribution in [0.15, 0.2) is 48.7 Å². The van der Waals surface area contributed by atoms with Gasteiger partial charge in [0.1, 0.15) is 5.75 Å². The van der Waals surface area contributed by atoms with Crippen molar-refractivity contribution in [1.82, 2.24) is 24.9 Å². The van der Waals surface area contributed by atoms with Gasteiger partial charge in [-0.2, -0.15) is 0 Å². The molecule has 3 heterocycles. The number of likely N-dealkylation sites (tertiary alicyclic amines) is 1. The normalized spacial score (nSPS) is 14.5. The maximum absolute atomic E-state index is 13.2. The number of hydrogen-bond donors (Lipinski definition) is 1. The molecular weight excluding hydrogens is 436 g/mol. The molecule has 1 amide bonds. The first kappa shape index (κ1) is 21.6. The van der Waals surface area contributed by atoms with Crippen LogP contribution in [0.1, 0.15) is 40.5 Å². The number of aromatic nitrogens is 4. The number of carbonyl (C=O) groups is 1. The number of non-ortho nitro benzene ring substituents is 1. The second-order valence-electron chi connectivity index (χ2n) is 8.43. The number of nitrogens with one attached hydrogen (secondary N) is 1. The summed E-state index contributed by atoms with van der Waals surface area (Å²) in [5, 5.41) is 20.4. The van der Waals surface area contributed by atoms with Gasteiger partial charge >= 0.3 is 0 Å². The second-order valence-corrected chi connectivity index (χ2v) is 8.43. The summed E-state index contributed by atoms with van der Waals surface area (Å²) < 4.78 is 6.84. The van der Waals surface area contributed by atoms with Crippen molar-refractivity contribution in [1.29, 1.82) is 0 Å². The van der Waals surface area contributed by atoms with Crippen molar-refractivity contribution in [3.05, 3.63) is 75.7 Å². The van der Waals surface area contributed by atoms with Crippen molar-refractivity contribution in [2.75, 3.05) is 20.2 Å². The Morgan fingerprint density at radius 2 is 2.00 bits per heavy atom. The van der Waals surface area contributed by atoms with Crippen LogP contribution >= 0.6 is 0 Å². The molecule has 0 aliphatic carbocycles. The Bertz CT molecular complexity index is 1380. The quantitative estimate of drug-likeness (QED) is 0.355. The maximum Gasteiger partial charge on any atom is 0.276 e. The fourth-order valence-electron chi connectivity index (χ4n) is 4.64. The molecule has 34 heavy (non-hydrogen) atoms. The average Bonchev–Trinajstić information content (AvgIpc) is 3.46. The lowest BCUT2D eigenvalue weighted by molar-refractivity contribution is -0.384. The Labute approximate surface area is 195 Å². The number of amides is 1. The minimum absolute atomic E-state index is 0.0442. The van der Waals surface area contributed by atoms with Crippen LogP contribution in [-0.4, -0.2) is 55.9 Å². The third kappa shape index (κ3) is 3.76. The van der Waals surface area contributed by atoms with Gasteiger partial charge in [0, 0.05) is 42.3 Å². The smallest absolute Gasteiger partial charge is 0.276 e. The Kier molecular flexibility index (Phi) is 5.48. The van der Waals surface area contributed by atoms with Crippen LogP contribution in [0.2, 0.25) is 0 Å². The van der Waals surface area contributed by atoms with Crippen molar-refractivity contribution in [3.8, 4) is 11.4 Å². The van der Waals surface area contributed by atoms with E-state index >= 15 is 0 Å². The summed E-state index contributed by atoms with van der Waals surface area (Å²) in [4.78, 5) is 29.0. The van der Waals surface area contributed by atoms with Crippen molar-refractivity contribution in [2.45, 2.75) is 25.7 Å². The zero-order valence-corrected chi connectivity index (χ0v) is 18.9. The van der Waals surface area contributed by atoms with Crippen LogP contribution in [0.25, 0.3) is 16.6 Å². The highest BCUT2D eigenvalue weighted by atomic mass is 16.6. The molecule has 2 aromatic carbocycles. The molecule has 0 bridgehead atoms. The van der Waals surface area contributed by atoms with Gasteiger partial charge in [-0.15, -0.1) is 5.10 Å². The summed E-state index contributed by atoms with van der Waals surface area (Å²) in [6, 6.07) is 12.1. The van der Waals surface area contributed by atoms with E-state index in [2.05, 4.69) is 21.5 Å². The molecule has 2 aromatic heterocycles. The Balaban J connectivity index is 1.31. The van der Waals surface area contributed by atoms with Crippen LogP contribution in [0.4, 0.5) is 5.69 Å². The molecular formula is C24H24N6O4. The number of aromatic amines is 1. The number of H-pyrrole nitrogens is 1. The van der Waals surface area contributed by atoms with Crippen molar-refractivity contribution >= 4 is 22.5 Å². The molecule has 174 valence electrons. The highest BCUT2D eigenvalue weighted by Crippen LogP contribution is 2.35. The molecule has 5 rings (SSSR count). The minimum atomic E-state index is -0.463. The lowest BCUT2D eigenvalue weighted by Gasteiger charge is -2.31. The molecule has 1 fully saturated rings. The van der Waals surface area contributed by atoms with E-state index in [4.69, 9.17) is 4.74 Å². The fraction of sp³-hybridized carbons (Fsp3) is 0.292. The van der Waals surface area contributed by atoms with Crippen molar-refractivity contribution in [2.24, 2.45) is 0 Å². The van der Waals surface area contributed by atoms with E-state index in [1.807, 2.05) is 18.2 Å². The van der Waals surface area contributed by atoms with E-state index in [1.54, 1.807) is 31.1 Å². The number of fused-ring (bicyclic) bond motifs is 1. The summed E-state index contributed by atoms with van der Waals surface area (Å²) in [5.74, 6) is 0.989. The second kappa shape index (κ2) is 8.62. The number of rotatable bonds is 5. The maximum atomic E-state index is 13.2. The summed E-state index contributed by atoms with van der Waals surface area (Å²) >= 11 is 0. The van der Waals surface area contributed by atoms with E-state index in [9.17, 15) is 14.9 Å². The van der Waals surface area contributed by atoms with Gasteiger partial charge in [0.15, 0.2) is 5.69 Å². The van der Waals surface area contributed by atoms with E-state index in [-0.39, 0.29) is 17.3 Å². The molecule has 0 atom stereocenters. The van der Waals surface area contributed by atoms with Gasteiger partial charge in [-0.1, -0.05) is 11.3 Å². The number of nitro groups is 1. The Morgan fingerprint density at radius 1 is 1.21 bits per heavy atom. The first-order chi connectivity index (χ1) is 16.5. The molecule has 4 aromatic rings. The van der Waals surface area contributed by atoms with Gasteiger partial charge in [-0.05, 0) is 55.5 Å². The molecule has 10 heteroatoms. The molecule has 0 radical (unpaired) electrons. The lowest BCUT2D eigenvalue weighted by atomic mass is 9.89. The predicted molar refractivity (Wildman–Crippen MR) is 125 cm³/mol. The molecule has 1 saturated heterocycles. The van der Waals surface area contributed by atoms with E-state index in [0.717, 1.165) is 29.5 Å². The van der Waals surface area contributed by atoms with Crippen LogP contribution < -0.4 is 4.74 Å².